The van der Waals surface area contributed by atoms with E-state index in [0.717, 1.165) is 12.3 Å². The van der Waals surface area contributed by atoms with Gasteiger partial charge < -0.3 is 0 Å². The fourth-order valence-electron chi connectivity index (χ4n) is 1.48. The van der Waals surface area contributed by atoms with Crippen LogP contribution in [0.15, 0.2) is 24.3 Å². The standard InChI is InChI=1S/C14H26/c1-5-7-8-10-14(4)12-9-11-13(3)6-2/h5,10,13H,1,6-9,11-12H2,2-4H3/b14-10-/t13-/m1/s1. The number of rotatable bonds is 8. The topological polar surface area (TPSA) is 0 Å². The summed E-state index contributed by atoms with van der Waals surface area (Å²) < 4.78 is 0. The first kappa shape index (κ1) is 13.5. The van der Waals surface area contributed by atoms with Gasteiger partial charge >= 0.3 is 0 Å². The Bertz CT molecular complexity index is 165. The lowest BCUT2D eigenvalue weighted by Crippen LogP contribution is -1.91. The average Bonchev–Trinajstić information content (AvgIpc) is 2.18. The summed E-state index contributed by atoms with van der Waals surface area (Å²) in [7, 11) is 0. The van der Waals surface area contributed by atoms with Gasteiger partial charge in [-0.1, -0.05) is 44.4 Å². The van der Waals surface area contributed by atoms with Crippen LogP contribution < -0.4 is 0 Å². The molecule has 0 aliphatic carbocycles. The Kier molecular flexibility index (Phi) is 8.72. The van der Waals surface area contributed by atoms with Gasteiger partial charge in [0.1, 0.15) is 0 Å². The first-order chi connectivity index (χ1) is 6.70. The van der Waals surface area contributed by atoms with Crippen molar-refractivity contribution in [1.29, 1.82) is 0 Å². The lowest BCUT2D eigenvalue weighted by molar-refractivity contribution is 0.495. The summed E-state index contributed by atoms with van der Waals surface area (Å²) in [5.74, 6) is 0.899. The van der Waals surface area contributed by atoms with E-state index < -0.39 is 0 Å². The van der Waals surface area contributed by atoms with Crippen molar-refractivity contribution in [2.24, 2.45) is 5.92 Å². The van der Waals surface area contributed by atoms with Gasteiger partial charge in [-0.2, -0.15) is 0 Å². The molecule has 0 amide bonds. The molecule has 0 N–H and O–H groups in total. The Hall–Kier alpha value is -0.520. The second-order valence-electron chi connectivity index (χ2n) is 4.32. The molecular weight excluding hydrogens is 168 g/mol. The van der Waals surface area contributed by atoms with E-state index in [1.807, 2.05) is 6.08 Å². The molecule has 0 saturated carbocycles. The van der Waals surface area contributed by atoms with Crippen LogP contribution in [0, 0.1) is 5.92 Å². The molecule has 0 rings (SSSR count). The normalized spacial score (nSPS) is 14.1. The van der Waals surface area contributed by atoms with Gasteiger partial charge in [0.15, 0.2) is 0 Å². The molecule has 0 radical (unpaired) electrons. The molecule has 0 aromatic carbocycles. The smallest absolute Gasteiger partial charge is 0.0314 e. The maximum Gasteiger partial charge on any atom is -0.0314 e. The Labute approximate surface area is 90.1 Å². The predicted molar refractivity (Wildman–Crippen MR) is 66.5 cm³/mol. The molecule has 0 fully saturated rings. The van der Waals surface area contributed by atoms with Crippen molar-refractivity contribution in [3.8, 4) is 0 Å². The zero-order valence-electron chi connectivity index (χ0n) is 10.2. The summed E-state index contributed by atoms with van der Waals surface area (Å²) in [4.78, 5) is 0. The van der Waals surface area contributed by atoms with Gasteiger partial charge in [0.2, 0.25) is 0 Å². The van der Waals surface area contributed by atoms with Gasteiger partial charge in [-0.15, -0.1) is 6.58 Å². The van der Waals surface area contributed by atoms with Crippen LogP contribution >= 0.6 is 0 Å². The van der Waals surface area contributed by atoms with Crippen molar-refractivity contribution in [2.45, 2.75) is 59.3 Å². The Morgan fingerprint density at radius 3 is 2.64 bits per heavy atom. The van der Waals surface area contributed by atoms with E-state index in [1.165, 1.54) is 32.1 Å². The lowest BCUT2D eigenvalue weighted by atomic mass is 9.99. The number of hydrogen-bond donors (Lipinski definition) is 0. The predicted octanol–water partition coefficient (Wildman–Crippen LogP) is 5.12. The summed E-state index contributed by atoms with van der Waals surface area (Å²) in [6.45, 7) is 10.6. The Balaban J connectivity index is 3.47. The molecule has 1 atom stereocenters. The second kappa shape index (κ2) is 9.05. The molecule has 82 valence electrons. The highest BCUT2D eigenvalue weighted by molar-refractivity contribution is 4.98. The molecule has 0 aliphatic heterocycles. The zero-order valence-corrected chi connectivity index (χ0v) is 10.2. The highest BCUT2D eigenvalue weighted by Gasteiger charge is 1.98. The summed E-state index contributed by atoms with van der Waals surface area (Å²) in [6.07, 6.45) is 12.0. The van der Waals surface area contributed by atoms with Crippen LogP contribution in [0.1, 0.15) is 59.3 Å². The maximum atomic E-state index is 3.72. The van der Waals surface area contributed by atoms with Gasteiger partial charge in [-0.3, -0.25) is 0 Å². The quantitative estimate of drug-likeness (QED) is 0.372. The SMILES string of the molecule is C=CCC/C=C(/C)CCC[C@H](C)CC. The molecule has 0 aromatic rings. The van der Waals surface area contributed by atoms with Crippen LogP contribution in [0.3, 0.4) is 0 Å². The van der Waals surface area contributed by atoms with Gasteiger partial charge in [-0.25, -0.2) is 0 Å². The Morgan fingerprint density at radius 1 is 1.36 bits per heavy atom. The largest absolute Gasteiger partial charge is 0.103 e. The van der Waals surface area contributed by atoms with Gasteiger partial charge in [0.05, 0.1) is 0 Å². The second-order valence-corrected chi connectivity index (χ2v) is 4.32. The van der Waals surface area contributed by atoms with Crippen LogP contribution in [0.5, 0.6) is 0 Å². The van der Waals surface area contributed by atoms with Crippen molar-refractivity contribution in [1.82, 2.24) is 0 Å². The van der Waals surface area contributed by atoms with Crippen LogP contribution in [-0.4, -0.2) is 0 Å². The molecule has 0 heteroatoms. The van der Waals surface area contributed by atoms with Gasteiger partial charge in [-0.05, 0) is 38.5 Å². The van der Waals surface area contributed by atoms with Crippen LogP contribution in [-0.2, 0) is 0 Å². The monoisotopic (exact) mass is 194 g/mol. The van der Waals surface area contributed by atoms with E-state index in [1.54, 1.807) is 5.57 Å². The van der Waals surface area contributed by atoms with Crippen LogP contribution in [0.2, 0.25) is 0 Å². The molecule has 14 heavy (non-hydrogen) atoms. The van der Waals surface area contributed by atoms with Crippen molar-refractivity contribution >= 4 is 0 Å². The third-order valence-corrected chi connectivity index (χ3v) is 2.83. The molecule has 0 saturated heterocycles. The van der Waals surface area contributed by atoms with Crippen LogP contribution in [0.4, 0.5) is 0 Å². The summed E-state index contributed by atoms with van der Waals surface area (Å²) in [5.41, 5.74) is 1.55. The number of hydrogen-bond acceptors (Lipinski definition) is 0. The zero-order chi connectivity index (χ0) is 10.8. The number of unbranched alkanes of at least 4 members (excludes halogenated alkanes) is 1. The molecule has 0 bridgehead atoms. The van der Waals surface area contributed by atoms with Crippen molar-refractivity contribution in [3.05, 3.63) is 24.3 Å². The average molecular weight is 194 g/mol. The summed E-state index contributed by atoms with van der Waals surface area (Å²) in [5, 5.41) is 0. The van der Waals surface area contributed by atoms with E-state index in [2.05, 4.69) is 33.4 Å². The van der Waals surface area contributed by atoms with E-state index >= 15 is 0 Å². The third kappa shape index (κ3) is 8.10. The highest BCUT2D eigenvalue weighted by Crippen LogP contribution is 2.15. The fourth-order valence-corrected chi connectivity index (χ4v) is 1.48. The maximum absolute atomic E-state index is 3.72. The molecule has 0 heterocycles. The summed E-state index contributed by atoms with van der Waals surface area (Å²) in [6, 6.07) is 0. The van der Waals surface area contributed by atoms with Gasteiger partial charge in [0, 0.05) is 0 Å². The molecular formula is C14H26. The molecule has 0 nitrogen and oxygen atoms in total. The van der Waals surface area contributed by atoms with Crippen LogP contribution in [0.25, 0.3) is 0 Å². The fraction of sp³-hybridized carbons (Fsp3) is 0.714. The highest BCUT2D eigenvalue weighted by atomic mass is 14.0. The first-order valence-electron chi connectivity index (χ1n) is 5.97. The minimum atomic E-state index is 0.899. The molecule has 0 aromatic heterocycles. The summed E-state index contributed by atoms with van der Waals surface area (Å²) >= 11 is 0. The van der Waals surface area contributed by atoms with E-state index in [9.17, 15) is 0 Å². The van der Waals surface area contributed by atoms with Crippen molar-refractivity contribution in [3.63, 3.8) is 0 Å². The van der Waals surface area contributed by atoms with E-state index in [4.69, 9.17) is 0 Å². The minimum Gasteiger partial charge on any atom is -0.103 e. The molecule has 0 spiro atoms. The Morgan fingerprint density at radius 2 is 2.07 bits per heavy atom. The first-order valence-corrected chi connectivity index (χ1v) is 5.97. The van der Waals surface area contributed by atoms with E-state index in [-0.39, 0.29) is 0 Å². The third-order valence-electron chi connectivity index (χ3n) is 2.83. The number of allylic oxidation sites excluding steroid dienone is 3. The van der Waals surface area contributed by atoms with Crippen molar-refractivity contribution < 1.29 is 0 Å². The van der Waals surface area contributed by atoms with E-state index in [0.29, 0.717) is 0 Å². The lowest BCUT2D eigenvalue weighted by Gasteiger charge is -2.07. The molecule has 0 aliphatic rings. The van der Waals surface area contributed by atoms with Gasteiger partial charge in [0.25, 0.3) is 0 Å². The van der Waals surface area contributed by atoms with Crippen molar-refractivity contribution in [2.75, 3.05) is 0 Å². The minimum absolute atomic E-state index is 0.899. The molecule has 0 unspecified atom stereocenters.